The van der Waals surface area contributed by atoms with Gasteiger partial charge >= 0.3 is 6.03 Å². The Hall–Kier alpha value is -2.10. The van der Waals surface area contributed by atoms with Gasteiger partial charge in [0.1, 0.15) is 5.69 Å². The van der Waals surface area contributed by atoms with Crippen molar-refractivity contribution >= 4 is 22.8 Å². The van der Waals surface area contributed by atoms with Crippen LogP contribution in [0.5, 0.6) is 0 Å². The Morgan fingerprint density at radius 1 is 1.17 bits per heavy atom. The fourth-order valence-electron chi connectivity index (χ4n) is 2.38. The highest BCUT2D eigenvalue weighted by atomic mass is 16.2. The predicted octanol–water partition coefficient (Wildman–Crippen LogP) is 2.87. The van der Waals surface area contributed by atoms with Crippen LogP contribution in [0.25, 0.3) is 10.9 Å². The van der Waals surface area contributed by atoms with Crippen LogP contribution in [-0.4, -0.2) is 28.0 Å². The van der Waals surface area contributed by atoms with Crippen molar-refractivity contribution in [2.75, 3.05) is 6.54 Å². The van der Waals surface area contributed by atoms with Crippen molar-refractivity contribution in [1.29, 1.82) is 0 Å². The van der Waals surface area contributed by atoms with Crippen molar-refractivity contribution in [2.45, 2.75) is 19.8 Å². The van der Waals surface area contributed by atoms with E-state index >= 15 is 0 Å². The van der Waals surface area contributed by atoms with Crippen LogP contribution < -0.4 is 0 Å². The van der Waals surface area contributed by atoms with Crippen molar-refractivity contribution < 1.29 is 9.59 Å². The van der Waals surface area contributed by atoms with E-state index in [-0.39, 0.29) is 11.9 Å². The van der Waals surface area contributed by atoms with Gasteiger partial charge in [-0.15, -0.1) is 0 Å². The maximum atomic E-state index is 12.3. The van der Waals surface area contributed by atoms with Gasteiger partial charge in [0.2, 0.25) is 0 Å². The molecule has 0 atom stereocenters. The van der Waals surface area contributed by atoms with Crippen LogP contribution in [0.15, 0.2) is 30.3 Å². The quantitative estimate of drug-likeness (QED) is 0.830. The molecule has 0 aliphatic carbocycles. The molecule has 0 bridgehead atoms. The van der Waals surface area contributed by atoms with Crippen LogP contribution in [0.4, 0.5) is 4.79 Å². The number of benzene rings is 1. The Balaban J connectivity index is 2.09. The summed E-state index contributed by atoms with van der Waals surface area (Å²) in [6.07, 6.45) is 1.81. The first-order valence-corrected chi connectivity index (χ1v) is 6.20. The topological polar surface area (TPSA) is 42.3 Å². The molecule has 0 saturated carbocycles. The summed E-state index contributed by atoms with van der Waals surface area (Å²) in [5.74, 6) is -0.176. The minimum absolute atomic E-state index is 0.176. The van der Waals surface area contributed by atoms with Crippen molar-refractivity contribution in [2.24, 2.45) is 0 Å². The van der Waals surface area contributed by atoms with Gasteiger partial charge in [0.05, 0.1) is 5.52 Å². The molecule has 0 spiro atoms. The highest BCUT2D eigenvalue weighted by Crippen LogP contribution is 2.26. The number of carbonyl (C=O) groups excluding carboxylic acids is 2. The van der Waals surface area contributed by atoms with E-state index < -0.39 is 0 Å². The summed E-state index contributed by atoms with van der Waals surface area (Å²) >= 11 is 0. The summed E-state index contributed by atoms with van der Waals surface area (Å²) in [6.45, 7) is 2.55. The van der Waals surface area contributed by atoms with E-state index in [2.05, 4.69) is 0 Å². The van der Waals surface area contributed by atoms with Crippen molar-refractivity contribution in [3.05, 3.63) is 36.0 Å². The van der Waals surface area contributed by atoms with Gasteiger partial charge in [-0.2, -0.15) is 0 Å². The van der Waals surface area contributed by atoms with Gasteiger partial charge in [-0.1, -0.05) is 31.5 Å². The van der Waals surface area contributed by atoms with Gasteiger partial charge in [0.15, 0.2) is 0 Å². The molecule has 4 heteroatoms. The zero-order valence-corrected chi connectivity index (χ0v) is 10.2. The highest BCUT2D eigenvalue weighted by Gasteiger charge is 2.36. The minimum Gasteiger partial charge on any atom is -0.267 e. The maximum Gasteiger partial charge on any atom is 0.336 e. The lowest BCUT2D eigenvalue weighted by Gasteiger charge is -2.12. The number of unbranched alkanes of at least 4 members (excludes halogenated alkanes) is 1. The van der Waals surface area contributed by atoms with E-state index in [9.17, 15) is 9.59 Å². The molecule has 1 aromatic heterocycles. The number of amides is 2. The number of para-hydroxylation sites is 1. The van der Waals surface area contributed by atoms with Gasteiger partial charge < -0.3 is 0 Å². The zero-order chi connectivity index (χ0) is 12.7. The summed E-state index contributed by atoms with van der Waals surface area (Å²) in [4.78, 5) is 25.8. The second kappa shape index (κ2) is 3.98. The molecule has 0 N–H and O–H groups in total. The van der Waals surface area contributed by atoms with Crippen LogP contribution in [0, 0.1) is 0 Å². The fraction of sp³-hybridized carbons (Fsp3) is 0.286. The molecule has 2 aromatic rings. The van der Waals surface area contributed by atoms with E-state index in [4.69, 9.17) is 0 Å². The average molecular weight is 242 g/mol. The lowest BCUT2D eigenvalue weighted by Crippen LogP contribution is -2.31. The molecular formula is C14H14N2O2. The SMILES string of the molecule is CCCCN1C(=O)c2cc3ccccc3n2C1=O. The third kappa shape index (κ3) is 1.38. The smallest absolute Gasteiger partial charge is 0.267 e. The number of fused-ring (bicyclic) bond motifs is 3. The summed E-state index contributed by atoms with van der Waals surface area (Å²) in [6, 6.07) is 9.14. The van der Waals surface area contributed by atoms with Gasteiger partial charge in [0, 0.05) is 11.9 Å². The second-order valence-electron chi connectivity index (χ2n) is 4.52. The summed E-state index contributed by atoms with van der Waals surface area (Å²) in [5, 5.41) is 0.935. The first-order chi connectivity index (χ1) is 8.74. The lowest BCUT2D eigenvalue weighted by atomic mass is 10.2. The molecular weight excluding hydrogens is 228 g/mol. The summed E-state index contributed by atoms with van der Waals surface area (Å²) in [5.41, 5.74) is 1.29. The van der Waals surface area contributed by atoms with E-state index in [0.717, 1.165) is 23.7 Å². The molecule has 2 amide bonds. The Bertz CT molecular complexity index is 642. The fourth-order valence-corrected chi connectivity index (χ4v) is 2.38. The molecule has 1 aliphatic heterocycles. The molecule has 3 rings (SSSR count). The molecule has 2 heterocycles. The highest BCUT2D eigenvalue weighted by molar-refractivity contribution is 6.16. The third-order valence-electron chi connectivity index (χ3n) is 3.33. The molecule has 0 saturated heterocycles. The van der Waals surface area contributed by atoms with E-state index in [1.807, 2.05) is 31.2 Å². The number of carbonyl (C=O) groups is 2. The molecule has 92 valence electrons. The van der Waals surface area contributed by atoms with Crippen molar-refractivity contribution in [3.63, 3.8) is 0 Å². The monoisotopic (exact) mass is 242 g/mol. The normalized spacial score (nSPS) is 14.6. The van der Waals surface area contributed by atoms with Gasteiger partial charge in [-0.3, -0.25) is 14.3 Å². The third-order valence-corrected chi connectivity index (χ3v) is 3.33. The van der Waals surface area contributed by atoms with E-state index in [1.54, 1.807) is 6.07 Å². The Morgan fingerprint density at radius 2 is 1.94 bits per heavy atom. The predicted molar refractivity (Wildman–Crippen MR) is 68.7 cm³/mol. The summed E-state index contributed by atoms with van der Waals surface area (Å²) < 4.78 is 1.52. The van der Waals surface area contributed by atoms with E-state index in [0.29, 0.717) is 12.2 Å². The first-order valence-electron chi connectivity index (χ1n) is 6.20. The molecule has 1 aliphatic rings. The molecule has 0 unspecified atom stereocenters. The molecule has 0 radical (unpaired) electrons. The van der Waals surface area contributed by atoms with Crippen LogP contribution >= 0.6 is 0 Å². The Morgan fingerprint density at radius 3 is 2.72 bits per heavy atom. The standard InChI is InChI=1S/C14H14N2O2/c1-2-3-8-15-13(17)12-9-10-6-4-5-7-11(10)16(12)14(15)18/h4-7,9H,2-3,8H2,1H3. The number of rotatable bonds is 3. The largest absolute Gasteiger partial charge is 0.336 e. The van der Waals surface area contributed by atoms with Gasteiger partial charge in [0.25, 0.3) is 5.91 Å². The van der Waals surface area contributed by atoms with Gasteiger partial charge in [-0.25, -0.2) is 4.79 Å². The maximum absolute atomic E-state index is 12.3. The molecule has 0 fully saturated rings. The number of nitrogens with zero attached hydrogens (tertiary/aromatic N) is 2. The molecule has 4 nitrogen and oxygen atoms in total. The van der Waals surface area contributed by atoms with Crippen LogP contribution in [0.3, 0.4) is 0 Å². The van der Waals surface area contributed by atoms with Crippen LogP contribution in [0.1, 0.15) is 30.3 Å². The molecule has 1 aromatic carbocycles. The zero-order valence-electron chi connectivity index (χ0n) is 10.2. The van der Waals surface area contributed by atoms with Gasteiger partial charge in [-0.05, 0) is 18.6 Å². The Labute approximate surface area is 105 Å². The van der Waals surface area contributed by atoms with Crippen molar-refractivity contribution in [1.82, 2.24) is 9.47 Å². The van der Waals surface area contributed by atoms with E-state index in [1.165, 1.54) is 9.47 Å². The minimum atomic E-state index is -0.218. The average Bonchev–Trinajstić information content (AvgIpc) is 2.86. The first kappa shape index (κ1) is 11.0. The molecule has 18 heavy (non-hydrogen) atoms. The van der Waals surface area contributed by atoms with Crippen LogP contribution in [0.2, 0.25) is 0 Å². The number of hydrogen-bond donors (Lipinski definition) is 0. The second-order valence-corrected chi connectivity index (χ2v) is 4.52. The number of aromatic nitrogens is 1. The number of hydrogen-bond acceptors (Lipinski definition) is 2. The number of imide groups is 1. The van der Waals surface area contributed by atoms with Crippen molar-refractivity contribution in [3.8, 4) is 0 Å². The summed E-state index contributed by atoms with van der Waals surface area (Å²) in [7, 11) is 0. The lowest BCUT2D eigenvalue weighted by molar-refractivity contribution is 0.0831. The Kier molecular flexibility index (Phi) is 2.44. The van der Waals surface area contributed by atoms with Crippen LogP contribution in [-0.2, 0) is 0 Å².